The Kier molecular flexibility index (Phi) is 1.77. The van der Waals surface area contributed by atoms with Gasteiger partial charge in [0.2, 0.25) is 0 Å². The number of hydrogen-bond donors (Lipinski definition) is 1. The maximum absolute atomic E-state index is 5.75. The summed E-state index contributed by atoms with van der Waals surface area (Å²) in [5, 5.41) is 2.18. The van der Waals surface area contributed by atoms with Crippen LogP contribution in [0.2, 0.25) is 0 Å². The molecule has 0 unspecified atom stereocenters. The number of anilines is 1. The third-order valence-electron chi connectivity index (χ3n) is 1.83. The molecule has 1 nitrogen and oxygen atoms in total. The van der Waals surface area contributed by atoms with Crippen LogP contribution >= 0.6 is 15.9 Å². The Morgan fingerprint density at radius 2 is 1.83 bits per heavy atom. The Hall–Kier alpha value is -1.02. The van der Waals surface area contributed by atoms with E-state index in [-0.39, 0.29) is 0 Å². The molecule has 0 atom stereocenters. The summed E-state index contributed by atoms with van der Waals surface area (Å²) in [6.07, 6.45) is 0. The minimum atomic E-state index is 0.703. The van der Waals surface area contributed by atoms with Crippen molar-refractivity contribution >= 4 is 32.4 Å². The topological polar surface area (TPSA) is 26.0 Å². The second-order valence-electron chi connectivity index (χ2n) is 2.60. The number of nitrogens with two attached hydrogens (primary N) is 1. The van der Waals surface area contributed by atoms with Crippen LogP contribution in [0.3, 0.4) is 0 Å². The number of hydrogen-bond acceptors (Lipinski definition) is 1. The zero-order chi connectivity index (χ0) is 8.55. The summed E-state index contributed by atoms with van der Waals surface area (Å²) >= 11 is 3.44. The fraction of sp³-hybridized carbons (Fsp3) is 0. The molecule has 12 heavy (non-hydrogen) atoms. The van der Waals surface area contributed by atoms with Gasteiger partial charge in [0.1, 0.15) is 0 Å². The summed E-state index contributed by atoms with van der Waals surface area (Å²) in [7, 11) is 0. The van der Waals surface area contributed by atoms with Crippen molar-refractivity contribution in [2.24, 2.45) is 0 Å². The fourth-order valence-electron chi connectivity index (χ4n) is 1.22. The molecule has 2 N–H and O–H groups in total. The van der Waals surface area contributed by atoms with Crippen LogP contribution in [-0.2, 0) is 0 Å². The van der Waals surface area contributed by atoms with E-state index in [1.807, 2.05) is 30.3 Å². The molecule has 2 heteroatoms. The summed E-state index contributed by atoms with van der Waals surface area (Å²) in [6, 6.07) is 12.8. The van der Waals surface area contributed by atoms with E-state index in [1.165, 1.54) is 0 Å². The zero-order valence-electron chi connectivity index (χ0n) is 6.34. The Morgan fingerprint density at radius 3 is 2.50 bits per heavy atom. The van der Waals surface area contributed by atoms with Gasteiger partial charge in [-0.25, -0.2) is 0 Å². The van der Waals surface area contributed by atoms with Crippen LogP contribution in [0.1, 0.15) is 0 Å². The average Bonchev–Trinajstić information content (AvgIpc) is 2.12. The molecule has 1 radical (unpaired) electrons. The lowest BCUT2D eigenvalue weighted by molar-refractivity contribution is 1.68. The third kappa shape index (κ3) is 1.08. The van der Waals surface area contributed by atoms with Crippen molar-refractivity contribution in [3.8, 4) is 0 Å². The number of fused-ring (bicyclic) bond motifs is 1. The maximum atomic E-state index is 5.75. The number of halogens is 1. The number of benzene rings is 2. The lowest BCUT2D eigenvalue weighted by atomic mass is 10.1. The van der Waals surface area contributed by atoms with E-state index in [0.29, 0.717) is 5.69 Å². The van der Waals surface area contributed by atoms with Gasteiger partial charge < -0.3 is 5.73 Å². The normalized spacial score (nSPS) is 10.4. The van der Waals surface area contributed by atoms with Crippen molar-refractivity contribution in [2.45, 2.75) is 0 Å². The quantitative estimate of drug-likeness (QED) is 0.680. The van der Waals surface area contributed by atoms with Crippen LogP contribution in [-0.4, -0.2) is 0 Å². The number of nitrogen functional groups attached to an aromatic ring is 1. The molecule has 2 aromatic rings. The summed E-state index contributed by atoms with van der Waals surface area (Å²) < 4.78 is 1.03. The second kappa shape index (κ2) is 2.79. The molecular formula is C10H7BrN. The van der Waals surface area contributed by atoms with Gasteiger partial charge in [0.15, 0.2) is 0 Å². The van der Waals surface area contributed by atoms with Crippen molar-refractivity contribution in [1.29, 1.82) is 0 Å². The molecule has 0 aromatic heterocycles. The monoisotopic (exact) mass is 220 g/mol. The van der Waals surface area contributed by atoms with Crippen LogP contribution in [0, 0.1) is 6.07 Å². The molecule has 0 saturated carbocycles. The largest absolute Gasteiger partial charge is 0.398 e. The standard InChI is InChI=1S/C10H7BrN/c11-9-5-6-10(12)8-4-2-1-3-7(8)9/h1-5H,12H2. The average molecular weight is 221 g/mol. The van der Waals surface area contributed by atoms with Gasteiger partial charge in [0.25, 0.3) is 0 Å². The van der Waals surface area contributed by atoms with Gasteiger partial charge in [-0.05, 0) is 11.5 Å². The van der Waals surface area contributed by atoms with E-state index in [2.05, 4.69) is 22.0 Å². The summed E-state index contributed by atoms with van der Waals surface area (Å²) in [5.74, 6) is 0. The number of rotatable bonds is 0. The smallest absolute Gasteiger partial charge is 0.0475 e. The van der Waals surface area contributed by atoms with E-state index in [4.69, 9.17) is 5.73 Å². The van der Waals surface area contributed by atoms with Crippen molar-refractivity contribution < 1.29 is 0 Å². The van der Waals surface area contributed by atoms with Crippen molar-refractivity contribution in [3.05, 3.63) is 40.9 Å². The third-order valence-corrected chi connectivity index (χ3v) is 2.49. The van der Waals surface area contributed by atoms with Crippen molar-refractivity contribution in [1.82, 2.24) is 0 Å². The van der Waals surface area contributed by atoms with E-state index in [1.54, 1.807) is 0 Å². The van der Waals surface area contributed by atoms with Crippen molar-refractivity contribution in [2.75, 3.05) is 5.73 Å². The van der Waals surface area contributed by atoms with Crippen LogP contribution < -0.4 is 5.73 Å². The predicted molar refractivity (Wildman–Crippen MR) is 54.9 cm³/mol. The molecule has 0 saturated heterocycles. The Morgan fingerprint density at radius 1 is 1.17 bits per heavy atom. The molecule has 0 spiro atoms. The van der Waals surface area contributed by atoms with Gasteiger partial charge in [-0.3, -0.25) is 0 Å². The van der Waals surface area contributed by atoms with Crippen molar-refractivity contribution in [3.63, 3.8) is 0 Å². The maximum Gasteiger partial charge on any atom is 0.0475 e. The van der Waals surface area contributed by atoms with Gasteiger partial charge in [0.05, 0.1) is 0 Å². The Labute approximate surface area is 79.3 Å². The first-order chi connectivity index (χ1) is 5.79. The molecule has 0 aliphatic rings. The van der Waals surface area contributed by atoms with Gasteiger partial charge >= 0.3 is 0 Å². The van der Waals surface area contributed by atoms with Crippen LogP contribution in [0.15, 0.2) is 34.8 Å². The van der Waals surface area contributed by atoms with Gasteiger partial charge in [-0.15, -0.1) is 0 Å². The van der Waals surface area contributed by atoms with E-state index in [9.17, 15) is 0 Å². The highest BCUT2D eigenvalue weighted by atomic mass is 79.9. The van der Waals surface area contributed by atoms with Gasteiger partial charge in [-0.2, -0.15) is 0 Å². The Bertz CT molecular complexity index is 383. The highest BCUT2D eigenvalue weighted by Gasteiger charge is 1.99. The molecule has 0 aliphatic carbocycles. The summed E-state index contributed by atoms with van der Waals surface area (Å²) in [6.45, 7) is 0. The minimum Gasteiger partial charge on any atom is -0.398 e. The first-order valence-electron chi connectivity index (χ1n) is 3.63. The summed E-state index contributed by atoms with van der Waals surface area (Å²) in [4.78, 5) is 0. The van der Waals surface area contributed by atoms with E-state index < -0.39 is 0 Å². The highest BCUT2D eigenvalue weighted by Crippen LogP contribution is 2.27. The molecule has 2 aromatic carbocycles. The molecule has 59 valence electrons. The molecule has 0 fully saturated rings. The van der Waals surface area contributed by atoms with E-state index in [0.717, 1.165) is 15.2 Å². The summed E-state index contributed by atoms with van der Waals surface area (Å²) in [5.41, 5.74) is 6.45. The molecule has 2 rings (SSSR count). The SMILES string of the molecule is Nc1[c]cc(Br)c2ccccc12. The first-order valence-corrected chi connectivity index (χ1v) is 4.43. The zero-order valence-corrected chi connectivity index (χ0v) is 7.93. The van der Waals surface area contributed by atoms with Crippen LogP contribution in [0.4, 0.5) is 5.69 Å². The molecule has 0 aliphatic heterocycles. The molecular weight excluding hydrogens is 214 g/mol. The van der Waals surface area contributed by atoms with Gasteiger partial charge in [-0.1, -0.05) is 40.2 Å². The van der Waals surface area contributed by atoms with Crippen LogP contribution in [0.5, 0.6) is 0 Å². The second-order valence-corrected chi connectivity index (χ2v) is 3.45. The highest BCUT2D eigenvalue weighted by molar-refractivity contribution is 9.10. The lowest BCUT2D eigenvalue weighted by Crippen LogP contribution is -1.86. The predicted octanol–water partition coefficient (Wildman–Crippen LogP) is 2.98. The Balaban J connectivity index is 2.95. The lowest BCUT2D eigenvalue weighted by Gasteiger charge is -2.02. The fourth-order valence-corrected chi connectivity index (χ4v) is 1.68. The molecule has 0 bridgehead atoms. The minimum absolute atomic E-state index is 0.703. The van der Waals surface area contributed by atoms with E-state index >= 15 is 0 Å². The van der Waals surface area contributed by atoms with Crippen LogP contribution in [0.25, 0.3) is 10.8 Å². The van der Waals surface area contributed by atoms with Gasteiger partial charge in [0, 0.05) is 21.6 Å². The molecule has 0 heterocycles. The first kappa shape index (κ1) is 7.62. The molecule has 0 amide bonds.